The molecule has 2 aromatic rings. The van der Waals surface area contributed by atoms with Crippen molar-refractivity contribution in [2.75, 3.05) is 7.11 Å². The Balaban J connectivity index is 1.98. The zero-order chi connectivity index (χ0) is 15.0. The van der Waals surface area contributed by atoms with Gasteiger partial charge in [-0.05, 0) is 35.9 Å². The Morgan fingerprint density at radius 1 is 1.14 bits per heavy atom. The molecule has 0 unspecified atom stereocenters. The highest BCUT2D eigenvalue weighted by molar-refractivity contribution is 6.35. The van der Waals surface area contributed by atoms with Gasteiger partial charge >= 0.3 is 0 Å². The highest BCUT2D eigenvalue weighted by Gasteiger charge is 2.27. The molecule has 0 radical (unpaired) electrons. The van der Waals surface area contributed by atoms with Crippen LogP contribution in [-0.4, -0.2) is 12.9 Å². The zero-order valence-corrected chi connectivity index (χ0v) is 12.5. The van der Waals surface area contributed by atoms with Crippen molar-refractivity contribution >= 4 is 35.1 Å². The van der Waals surface area contributed by atoms with Crippen LogP contribution in [0.3, 0.4) is 0 Å². The van der Waals surface area contributed by atoms with Gasteiger partial charge in [-0.2, -0.15) is 0 Å². The van der Waals surface area contributed by atoms with Gasteiger partial charge in [-0.3, -0.25) is 4.79 Å². The molecule has 0 saturated carbocycles. The second-order valence-corrected chi connectivity index (χ2v) is 5.31. The van der Waals surface area contributed by atoms with Crippen molar-refractivity contribution in [2.45, 2.75) is 0 Å². The maximum absolute atomic E-state index is 12.3. The van der Waals surface area contributed by atoms with E-state index < -0.39 is 0 Å². The van der Waals surface area contributed by atoms with Crippen LogP contribution in [0.1, 0.15) is 15.9 Å². The minimum absolute atomic E-state index is 0.182. The highest BCUT2D eigenvalue weighted by atomic mass is 35.5. The molecule has 0 aromatic heterocycles. The van der Waals surface area contributed by atoms with Gasteiger partial charge in [0.05, 0.1) is 12.7 Å². The van der Waals surface area contributed by atoms with Crippen molar-refractivity contribution in [3.63, 3.8) is 0 Å². The van der Waals surface area contributed by atoms with Crippen molar-refractivity contribution in [3.8, 4) is 11.5 Å². The number of carbonyl (C=O) groups is 1. The number of hydrogen-bond acceptors (Lipinski definition) is 3. The maximum Gasteiger partial charge on any atom is 0.231 e. The lowest BCUT2D eigenvalue weighted by Gasteiger charge is -2.02. The van der Waals surface area contributed by atoms with Crippen LogP contribution in [0.15, 0.2) is 42.2 Å². The molecular weight excluding hydrogens is 311 g/mol. The zero-order valence-electron chi connectivity index (χ0n) is 11.0. The number of ether oxygens (including phenoxy) is 2. The summed E-state index contributed by atoms with van der Waals surface area (Å²) in [5, 5.41) is 0.994. The molecule has 0 spiro atoms. The van der Waals surface area contributed by atoms with Gasteiger partial charge < -0.3 is 9.47 Å². The van der Waals surface area contributed by atoms with Crippen LogP contribution in [0.5, 0.6) is 11.5 Å². The number of fused-ring (bicyclic) bond motifs is 1. The minimum Gasteiger partial charge on any atom is -0.497 e. The molecule has 2 aromatic carbocycles. The van der Waals surface area contributed by atoms with E-state index in [1.807, 2.05) is 0 Å². The van der Waals surface area contributed by atoms with Crippen molar-refractivity contribution in [1.82, 2.24) is 0 Å². The van der Waals surface area contributed by atoms with Crippen LogP contribution in [0, 0.1) is 0 Å². The van der Waals surface area contributed by atoms with E-state index in [4.69, 9.17) is 32.7 Å². The van der Waals surface area contributed by atoms with Crippen molar-refractivity contribution in [2.24, 2.45) is 0 Å². The topological polar surface area (TPSA) is 35.5 Å². The van der Waals surface area contributed by atoms with E-state index >= 15 is 0 Å². The number of hydrogen-bond donors (Lipinski definition) is 0. The monoisotopic (exact) mass is 320 g/mol. The summed E-state index contributed by atoms with van der Waals surface area (Å²) in [6.07, 6.45) is 1.60. The fourth-order valence-electron chi connectivity index (χ4n) is 2.05. The largest absolute Gasteiger partial charge is 0.497 e. The number of rotatable bonds is 2. The van der Waals surface area contributed by atoms with Gasteiger partial charge in [-0.15, -0.1) is 0 Å². The number of ketones is 1. The lowest BCUT2D eigenvalue weighted by atomic mass is 10.1. The van der Waals surface area contributed by atoms with E-state index in [1.165, 1.54) is 0 Å². The second-order valence-electron chi connectivity index (χ2n) is 4.47. The average Bonchev–Trinajstić information content (AvgIpc) is 2.78. The number of methoxy groups -OCH3 is 1. The van der Waals surface area contributed by atoms with Crippen LogP contribution in [0.4, 0.5) is 0 Å². The predicted molar refractivity (Wildman–Crippen MR) is 82.4 cm³/mol. The Labute approximate surface area is 131 Å². The van der Waals surface area contributed by atoms with E-state index in [1.54, 1.807) is 49.6 Å². The van der Waals surface area contributed by atoms with Crippen LogP contribution in [-0.2, 0) is 0 Å². The van der Waals surface area contributed by atoms with Crippen molar-refractivity contribution < 1.29 is 14.3 Å². The first-order valence-electron chi connectivity index (χ1n) is 6.16. The smallest absolute Gasteiger partial charge is 0.231 e. The Morgan fingerprint density at radius 2 is 1.95 bits per heavy atom. The summed E-state index contributed by atoms with van der Waals surface area (Å²) in [6.45, 7) is 0. The molecule has 21 heavy (non-hydrogen) atoms. The molecule has 106 valence electrons. The molecule has 0 N–H and O–H groups in total. The first kappa shape index (κ1) is 14.0. The van der Waals surface area contributed by atoms with Crippen LogP contribution >= 0.6 is 23.2 Å². The Bertz CT molecular complexity index is 766. The van der Waals surface area contributed by atoms with E-state index in [2.05, 4.69) is 0 Å². The molecule has 5 heteroatoms. The maximum atomic E-state index is 12.3. The SMILES string of the molecule is COc1ccc2c(c1)O/C(=C/c1ccc(Cl)cc1Cl)C2=O. The summed E-state index contributed by atoms with van der Waals surface area (Å²) in [6, 6.07) is 10.1. The van der Waals surface area contributed by atoms with Gasteiger partial charge in [0.1, 0.15) is 11.5 Å². The quantitative estimate of drug-likeness (QED) is 0.757. The van der Waals surface area contributed by atoms with E-state index in [-0.39, 0.29) is 11.5 Å². The fraction of sp³-hybridized carbons (Fsp3) is 0.0625. The number of allylic oxidation sites excluding steroid dienone is 1. The molecule has 0 aliphatic carbocycles. The lowest BCUT2D eigenvalue weighted by Crippen LogP contribution is -1.98. The average molecular weight is 321 g/mol. The lowest BCUT2D eigenvalue weighted by molar-refractivity contribution is 0.101. The van der Waals surface area contributed by atoms with Crippen molar-refractivity contribution in [1.29, 1.82) is 0 Å². The first-order valence-corrected chi connectivity index (χ1v) is 6.91. The van der Waals surface area contributed by atoms with E-state index in [0.29, 0.717) is 32.7 Å². The number of benzene rings is 2. The molecule has 1 aliphatic rings. The van der Waals surface area contributed by atoms with Crippen LogP contribution < -0.4 is 9.47 Å². The molecule has 1 aliphatic heterocycles. The number of halogens is 2. The summed E-state index contributed by atoms with van der Waals surface area (Å²) in [7, 11) is 1.56. The van der Waals surface area contributed by atoms with Crippen LogP contribution in [0.25, 0.3) is 6.08 Å². The second kappa shape index (κ2) is 5.43. The number of carbonyl (C=O) groups excluding carboxylic acids is 1. The molecule has 0 saturated heterocycles. The van der Waals surface area contributed by atoms with Crippen molar-refractivity contribution in [3.05, 3.63) is 63.3 Å². The molecule has 3 rings (SSSR count). The van der Waals surface area contributed by atoms with E-state index in [0.717, 1.165) is 0 Å². The summed E-state index contributed by atoms with van der Waals surface area (Å²) in [5.74, 6) is 1.16. The Kier molecular flexibility index (Phi) is 3.62. The summed E-state index contributed by atoms with van der Waals surface area (Å²) >= 11 is 12.0. The molecule has 0 amide bonds. The molecule has 0 bridgehead atoms. The van der Waals surface area contributed by atoms with Crippen LogP contribution in [0.2, 0.25) is 10.0 Å². The molecule has 3 nitrogen and oxygen atoms in total. The fourth-order valence-corrected chi connectivity index (χ4v) is 2.52. The summed E-state index contributed by atoms with van der Waals surface area (Å²) in [5.41, 5.74) is 1.18. The normalized spacial score (nSPS) is 15.0. The van der Waals surface area contributed by atoms with Gasteiger partial charge in [0.2, 0.25) is 5.78 Å². The number of Topliss-reactive ketones (excluding diaryl/α,β-unsaturated/α-hetero) is 1. The minimum atomic E-state index is -0.182. The van der Waals surface area contributed by atoms with Gasteiger partial charge in [0, 0.05) is 16.1 Å². The van der Waals surface area contributed by atoms with Gasteiger partial charge in [-0.1, -0.05) is 29.3 Å². The molecule has 0 atom stereocenters. The van der Waals surface area contributed by atoms with Gasteiger partial charge in [-0.25, -0.2) is 0 Å². The summed E-state index contributed by atoms with van der Waals surface area (Å²) in [4.78, 5) is 12.3. The molecular formula is C16H10Cl2O3. The standard InChI is InChI=1S/C16H10Cl2O3/c1-20-11-4-5-12-14(8-11)21-15(16(12)19)6-9-2-3-10(17)7-13(9)18/h2-8H,1H3/b15-6+. The van der Waals surface area contributed by atoms with Gasteiger partial charge in [0.15, 0.2) is 5.76 Å². The Hall–Kier alpha value is -1.97. The highest BCUT2D eigenvalue weighted by Crippen LogP contribution is 2.35. The molecule has 0 fully saturated rings. The third-order valence-corrected chi connectivity index (χ3v) is 3.69. The first-order chi connectivity index (χ1) is 10.1. The Morgan fingerprint density at radius 3 is 2.67 bits per heavy atom. The van der Waals surface area contributed by atoms with E-state index in [9.17, 15) is 4.79 Å². The summed E-state index contributed by atoms with van der Waals surface area (Å²) < 4.78 is 10.7. The molecule has 1 heterocycles. The third kappa shape index (κ3) is 2.62. The predicted octanol–water partition coefficient (Wildman–Crippen LogP) is 4.62. The third-order valence-electron chi connectivity index (χ3n) is 3.13. The van der Waals surface area contributed by atoms with Gasteiger partial charge in [0.25, 0.3) is 0 Å².